The van der Waals surface area contributed by atoms with Crippen LogP contribution in [0.1, 0.15) is 39.7 Å². The standard InChI is InChI=1S/C25H28F2N2O3/c1-3-17-5-4-6-18(9-17)14-28-15-24(30)23(12-19-10-20(26)13-21(27)11-19)29-25(31)22-7-8-32-16(22)2/h4-11,13,23-24,28,30H,3,12,14-15H2,1-2H3,(H,29,31). The van der Waals surface area contributed by atoms with Gasteiger partial charge in [0.05, 0.1) is 24.0 Å². The fourth-order valence-corrected chi connectivity index (χ4v) is 3.60. The molecule has 1 aromatic heterocycles. The minimum absolute atomic E-state index is 0.0610. The van der Waals surface area contributed by atoms with Crippen LogP contribution in [0, 0.1) is 18.6 Å². The number of carbonyl (C=O) groups is 1. The number of aliphatic hydroxyl groups is 1. The van der Waals surface area contributed by atoms with Crippen LogP contribution >= 0.6 is 0 Å². The molecule has 7 heteroatoms. The molecule has 3 rings (SSSR count). The van der Waals surface area contributed by atoms with E-state index in [4.69, 9.17) is 4.42 Å². The zero-order chi connectivity index (χ0) is 23.1. The third-order valence-corrected chi connectivity index (χ3v) is 5.34. The summed E-state index contributed by atoms with van der Waals surface area (Å²) in [4.78, 5) is 12.7. The van der Waals surface area contributed by atoms with Crippen LogP contribution in [0.3, 0.4) is 0 Å². The van der Waals surface area contributed by atoms with Crippen molar-refractivity contribution in [3.63, 3.8) is 0 Å². The molecule has 0 saturated heterocycles. The van der Waals surface area contributed by atoms with Crippen LogP contribution in [-0.2, 0) is 19.4 Å². The van der Waals surface area contributed by atoms with Crippen LogP contribution in [0.5, 0.6) is 0 Å². The summed E-state index contributed by atoms with van der Waals surface area (Å²) in [6, 6.07) is 12.1. The Kier molecular flexibility index (Phi) is 8.14. The molecule has 170 valence electrons. The largest absolute Gasteiger partial charge is 0.469 e. The maximum Gasteiger partial charge on any atom is 0.255 e. The average molecular weight is 443 g/mol. The third-order valence-electron chi connectivity index (χ3n) is 5.34. The van der Waals surface area contributed by atoms with Gasteiger partial charge in [0, 0.05) is 19.2 Å². The highest BCUT2D eigenvalue weighted by Crippen LogP contribution is 2.14. The van der Waals surface area contributed by atoms with E-state index in [1.165, 1.54) is 30.0 Å². The molecule has 0 bridgehead atoms. The van der Waals surface area contributed by atoms with Gasteiger partial charge in [0.1, 0.15) is 17.4 Å². The molecule has 3 aromatic rings. The Hall–Kier alpha value is -3.03. The normalized spacial score (nSPS) is 13.0. The van der Waals surface area contributed by atoms with Gasteiger partial charge < -0.3 is 20.2 Å². The van der Waals surface area contributed by atoms with Crippen molar-refractivity contribution in [2.24, 2.45) is 0 Å². The Morgan fingerprint density at radius 3 is 2.44 bits per heavy atom. The molecule has 0 aliphatic rings. The molecular formula is C25H28F2N2O3. The first-order valence-electron chi connectivity index (χ1n) is 10.6. The number of hydrogen-bond donors (Lipinski definition) is 3. The summed E-state index contributed by atoms with van der Waals surface area (Å²) in [5.41, 5.74) is 2.99. The van der Waals surface area contributed by atoms with E-state index in [0.29, 0.717) is 23.4 Å². The lowest BCUT2D eigenvalue weighted by Gasteiger charge is -2.25. The second-order valence-corrected chi connectivity index (χ2v) is 7.82. The number of hydrogen-bond acceptors (Lipinski definition) is 4. The number of aryl methyl sites for hydroxylation is 2. The number of nitrogens with one attached hydrogen (secondary N) is 2. The van der Waals surface area contributed by atoms with Gasteiger partial charge in [0.2, 0.25) is 0 Å². The predicted octanol–water partition coefficient (Wildman–Crippen LogP) is 3.92. The molecule has 1 amide bonds. The van der Waals surface area contributed by atoms with E-state index in [-0.39, 0.29) is 13.0 Å². The van der Waals surface area contributed by atoms with Crippen LogP contribution in [0.4, 0.5) is 8.78 Å². The third kappa shape index (κ3) is 6.48. The summed E-state index contributed by atoms with van der Waals surface area (Å²) in [6.07, 6.45) is 1.41. The van der Waals surface area contributed by atoms with E-state index in [2.05, 4.69) is 29.7 Å². The number of carbonyl (C=O) groups excluding carboxylic acids is 1. The molecule has 32 heavy (non-hydrogen) atoms. The Bertz CT molecular complexity index is 1030. The van der Waals surface area contributed by atoms with Crippen molar-refractivity contribution in [2.45, 2.75) is 45.4 Å². The number of furan rings is 1. The number of halogens is 2. The Balaban J connectivity index is 1.69. The monoisotopic (exact) mass is 442 g/mol. The first-order chi connectivity index (χ1) is 15.4. The summed E-state index contributed by atoms with van der Waals surface area (Å²) in [5.74, 6) is -1.40. The minimum Gasteiger partial charge on any atom is -0.469 e. The van der Waals surface area contributed by atoms with Gasteiger partial charge in [-0.15, -0.1) is 0 Å². The lowest BCUT2D eigenvalue weighted by atomic mass is 10.00. The zero-order valence-corrected chi connectivity index (χ0v) is 18.2. The van der Waals surface area contributed by atoms with Gasteiger partial charge in [-0.25, -0.2) is 8.78 Å². The predicted molar refractivity (Wildman–Crippen MR) is 118 cm³/mol. The van der Waals surface area contributed by atoms with Crippen LogP contribution in [0.15, 0.2) is 59.2 Å². The van der Waals surface area contributed by atoms with Crippen molar-refractivity contribution in [1.29, 1.82) is 0 Å². The molecule has 5 nitrogen and oxygen atoms in total. The zero-order valence-electron chi connectivity index (χ0n) is 18.2. The number of benzene rings is 2. The van der Waals surface area contributed by atoms with Crippen molar-refractivity contribution < 1.29 is 23.1 Å². The van der Waals surface area contributed by atoms with Crippen molar-refractivity contribution in [2.75, 3.05) is 6.54 Å². The molecule has 2 aromatic carbocycles. The van der Waals surface area contributed by atoms with E-state index in [9.17, 15) is 18.7 Å². The van der Waals surface area contributed by atoms with Gasteiger partial charge in [-0.1, -0.05) is 31.2 Å². The van der Waals surface area contributed by atoms with Crippen LogP contribution < -0.4 is 10.6 Å². The lowest BCUT2D eigenvalue weighted by molar-refractivity contribution is 0.0828. The van der Waals surface area contributed by atoms with Crippen molar-refractivity contribution >= 4 is 5.91 Å². The van der Waals surface area contributed by atoms with Crippen LogP contribution in [0.25, 0.3) is 0 Å². The van der Waals surface area contributed by atoms with E-state index in [0.717, 1.165) is 18.1 Å². The second-order valence-electron chi connectivity index (χ2n) is 7.82. The van der Waals surface area contributed by atoms with E-state index < -0.39 is 29.7 Å². The fourth-order valence-electron chi connectivity index (χ4n) is 3.60. The van der Waals surface area contributed by atoms with Gasteiger partial charge in [0.15, 0.2) is 0 Å². The maximum atomic E-state index is 13.7. The van der Waals surface area contributed by atoms with Crippen molar-refractivity contribution in [1.82, 2.24) is 10.6 Å². The van der Waals surface area contributed by atoms with Gasteiger partial charge in [-0.3, -0.25) is 4.79 Å². The van der Waals surface area contributed by atoms with E-state index in [1.807, 2.05) is 12.1 Å². The van der Waals surface area contributed by atoms with Crippen molar-refractivity contribution in [3.8, 4) is 0 Å². The molecule has 1 heterocycles. The lowest BCUT2D eigenvalue weighted by Crippen LogP contribution is -2.48. The highest BCUT2D eigenvalue weighted by atomic mass is 19.1. The SMILES string of the molecule is CCc1cccc(CNCC(O)C(Cc2cc(F)cc(F)c2)NC(=O)c2ccoc2C)c1. The molecule has 0 saturated carbocycles. The second kappa shape index (κ2) is 11.0. The fraction of sp³-hybridized carbons (Fsp3) is 0.320. The number of aliphatic hydroxyl groups excluding tert-OH is 1. The van der Waals surface area contributed by atoms with Gasteiger partial charge in [0.25, 0.3) is 5.91 Å². The first kappa shape index (κ1) is 23.6. The van der Waals surface area contributed by atoms with Gasteiger partial charge >= 0.3 is 0 Å². The topological polar surface area (TPSA) is 74.5 Å². The summed E-state index contributed by atoms with van der Waals surface area (Å²) < 4.78 is 32.5. The Labute approximate surface area is 186 Å². The molecule has 0 radical (unpaired) electrons. The number of rotatable bonds is 10. The summed E-state index contributed by atoms with van der Waals surface area (Å²) in [5, 5.41) is 16.8. The molecule has 0 aliphatic heterocycles. The Morgan fingerprint density at radius 2 is 1.78 bits per heavy atom. The van der Waals surface area contributed by atoms with E-state index in [1.54, 1.807) is 6.92 Å². The molecule has 3 N–H and O–H groups in total. The van der Waals surface area contributed by atoms with E-state index >= 15 is 0 Å². The summed E-state index contributed by atoms with van der Waals surface area (Å²) in [7, 11) is 0. The van der Waals surface area contributed by atoms with Crippen LogP contribution in [0.2, 0.25) is 0 Å². The number of amides is 1. The van der Waals surface area contributed by atoms with Gasteiger partial charge in [-0.2, -0.15) is 0 Å². The molecule has 2 unspecified atom stereocenters. The smallest absolute Gasteiger partial charge is 0.255 e. The minimum atomic E-state index is -0.994. The summed E-state index contributed by atoms with van der Waals surface area (Å²) >= 11 is 0. The van der Waals surface area contributed by atoms with Crippen LogP contribution in [-0.4, -0.2) is 29.7 Å². The summed E-state index contributed by atoms with van der Waals surface area (Å²) in [6.45, 7) is 4.47. The Morgan fingerprint density at radius 1 is 1.06 bits per heavy atom. The molecule has 0 fully saturated rings. The quantitative estimate of drug-likeness (QED) is 0.445. The highest BCUT2D eigenvalue weighted by molar-refractivity contribution is 5.95. The molecular weight excluding hydrogens is 414 g/mol. The van der Waals surface area contributed by atoms with Crippen molar-refractivity contribution in [3.05, 3.63) is 94.4 Å². The molecule has 2 atom stereocenters. The molecule has 0 aliphatic carbocycles. The maximum absolute atomic E-state index is 13.7. The highest BCUT2D eigenvalue weighted by Gasteiger charge is 2.24. The van der Waals surface area contributed by atoms with Gasteiger partial charge in [-0.05, 0) is 54.7 Å². The average Bonchev–Trinajstić information content (AvgIpc) is 3.18. The first-order valence-corrected chi connectivity index (χ1v) is 10.6. The molecule has 0 spiro atoms.